The minimum Gasteiger partial charge on any atom is -0.495 e. The SMILES string of the molecule is COc1ccc([C@@H](C)N[C@@H](C)Cc2ccc(C)s2)cc1NC(C)=O. The fourth-order valence-corrected chi connectivity index (χ4v) is 3.78. The third kappa shape index (κ3) is 5.08. The predicted octanol–water partition coefficient (Wildman–Crippen LogP) is 4.31. The van der Waals surface area contributed by atoms with Gasteiger partial charge in [0.15, 0.2) is 0 Å². The molecule has 0 spiro atoms. The van der Waals surface area contributed by atoms with Gasteiger partial charge in [-0.15, -0.1) is 11.3 Å². The maximum absolute atomic E-state index is 11.4. The standard InChI is InChI=1S/C19H26N2O2S/c1-12(10-17-8-6-13(2)24-17)20-14(3)16-7-9-19(23-5)18(11-16)21-15(4)22/h6-9,11-12,14,20H,10H2,1-5H3,(H,21,22)/t12-,14+/m0/s1. The van der Waals surface area contributed by atoms with E-state index in [1.807, 2.05) is 29.5 Å². The number of anilines is 1. The molecule has 24 heavy (non-hydrogen) atoms. The van der Waals surface area contributed by atoms with Crippen molar-refractivity contribution in [1.82, 2.24) is 5.32 Å². The summed E-state index contributed by atoms with van der Waals surface area (Å²) < 4.78 is 5.31. The van der Waals surface area contributed by atoms with E-state index in [1.54, 1.807) is 7.11 Å². The number of rotatable bonds is 7. The van der Waals surface area contributed by atoms with E-state index in [4.69, 9.17) is 4.74 Å². The lowest BCUT2D eigenvalue weighted by atomic mass is 10.1. The normalized spacial score (nSPS) is 13.4. The summed E-state index contributed by atoms with van der Waals surface area (Å²) in [5.74, 6) is 0.566. The molecule has 1 amide bonds. The number of hydrogen-bond donors (Lipinski definition) is 2. The number of amides is 1. The summed E-state index contributed by atoms with van der Waals surface area (Å²) in [4.78, 5) is 14.1. The van der Waals surface area contributed by atoms with Crippen molar-refractivity contribution < 1.29 is 9.53 Å². The first-order valence-corrected chi connectivity index (χ1v) is 8.97. The molecule has 0 aliphatic heterocycles. The van der Waals surface area contributed by atoms with Gasteiger partial charge in [-0.1, -0.05) is 6.07 Å². The summed E-state index contributed by atoms with van der Waals surface area (Å²) >= 11 is 1.85. The van der Waals surface area contributed by atoms with Crippen molar-refractivity contribution in [2.75, 3.05) is 12.4 Å². The highest BCUT2D eigenvalue weighted by Gasteiger charge is 2.13. The maximum Gasteiger partial charge on any atom is 0.221 e. The van der Waals surface area contributed by atoms with E-state index >= 15 is 0 Å². The van der Waals surface area contributed by atoms with Gasteiger partial charge in [0.1, 0.15) is 5.75 Å². The summed E-state index contributed by atoms with van der Waals surface area (Å²) in [5.41, 5.74) is 1.83. The Morgan fingerprint density at radius 3 is 2.58 bits per heavy atom. The fraction of sp³-hybridized carbons (Fsp3) is 0.421. The molecule has 2 rings (SSSR count). The quantitative estimate of drug-likeness (QED) is 0.785. The lowest BCUT2D eigenvalue weighted by molar-refractivity contribution is -0.114. The largest absolute Gasteiger partial charge is 0.495 e. The molecule has 5 heteroatoms. The van der Waals surface area contributed by atoms with Gasteiger partial charge in [-0.2, -0.15) is 0 Å². The van der Waals surface area contributed by atoms with Crippen LogP contribution < -0.4 is 15.4 Å². The molecule has 2 N–H and O–H groups in total. The molecule has 130 valence electrons. The van der Waals surface area contributed by atoms with E-state index in [9.17, 15) is 4.79 Å². The monoisotopic (exact) mass is 346 g/mol. The Labute approximate surface area is 148 Å². The Balaban J connectivity index is 2.05. The van der Waals surface area contributed by atoms with Gasteiger partial charge in [0.25, 0.3) is 0 Å². The second-order valence-electron chi connectivity index (χ2n) is 6.15. The van der Waals surface area contributed by atoms with Crippen LogP contribution in [-0.2, 0) is 11.2 Å². The van der Waals surface area contributed by atoms with E-state index in [0.717, 1.165) is 12.0 Å². The van der Waals surface area contributed by atoms with E-state index in [1.165, 1.54) is 16.7 Å². The minimum atomic E-state index is -0.104. The van der Waals surface area contributed by atoms with Crippen molar-refractivity contribution in [3.05, 3.63) is 45.6 Å². The highest BCUT2D eigenvalue weighted by Crippen LogP contribution is 2.28. The molecule has 2 atom stereocenters. The van der Waals surface area contributed by atoms with Crippen LogP contribution in [0, 0.1) is 6.92 Å². The summed E-state index contributed by atoms with van der Waals surface area (Å²) in [5, 5.41) is 6.45. The highest BCUT2D eigenvalue weighted by atomic mass is 32.1. The molecule has 0 unspecified atom stereocenters. The van der Waals surface area contributed by atoms with Gasteiger partial charge in [-0.3, -0.25) is 4.79 Å². The molecular formula is C19H26N2O2S. The highest BCUT2D eigenvalue weighted by molar-refractivity contribution is 7.11. The van der Waals surface area contributed by atoms with E-state index in [-0.39, 0.29) is 11.9 Å². The van der Waals surface area contributed by atoms with Gasteiger partial charge in [-0.25, -0.2) is 0 Å². The fourth-order valence-electron chi connectivity index (χ4n) is 2.76. The smallest absolute Gasteiger partial charge is 0.221 e. The Morgan fingerprint density at radius 1 is 1.25 bits per heavy atom. The van der Waals surface area contributed by atoms with Gasteiger partial charge < -0.3 is 15.4 Å². The molecule has 0 bridgehead atoms. The Morgan fingerprint density at radius 2 is 2.00 bits per heavy atom. The molecule has 0 fully saturated rings. The third-order valence-electron chi connectivity index (χ3n) is 3.87. The van der Waals surface area contributed by atoms with Crippen LogP contribution in [0.15, 0.2) is 30.3 Å². The first-order chi connectivity index (χ1) is 11.4. The lowest BCUT2D eigenvalue weighted by Gasteiger charge is -2.21. The first-order valence-electron chi connectivity index (χ1n) is 8.16. The van der Waals surface area contributed by atoms with Crippen molar-refractivity contribution in [3.63, 3.8) is 0 Å². The van der Waals surface area contributed by atoms with Crippen LogP contribution in [-0.4, -0.2) is 19.1 Å². The molecule has 1 heterocycles. The van der Waals surface area contributed by atoms with Crippen molar-refractivity contribution in [3.8, 4) is 5.75 Å². The molecule has 0 saturated heterocycles. The molecule has 4 nitrogen and oxygen atoms in total. The van der Waals surface area contributed by atoms with Gasteiger partial charge in [0, 0.05) is 28.8 Å². The lowest BCUT2D eigenvalue weighted by Crippen LogP contribution is -2.30. The zero-order valence-corrected chi connectivity index (χ0v) is 15.8. The average molecular weight is 346 g/mol. The van der Waals surface area contributed by atoms with Crippen molar-refractivity contribution >= 4 is 22.9 Å². The molecular weight excluding hydrogens is 320 g/mol. The van der Waals surface area contributed by atoms with Crippen molar-refractivity contribution in [2.24, 2.45) is 0 Å². The summed E-state index contributed by atoms with van der Waals surface area (Å²) in [6.07, 6.45) is 1.01. The topological polar surface area (TPSA) is 50.4 Å². The summed E-state index contributed by atoms with van der Waals surface area (Å²) in [6.45, 7) is 7.97. The maximum atomic E-state index is 11.4. The number of benzene rings is 1. The number of hydrogen-bond acceptors (Lipinski definition) is 4. The number of methoxy groups -OCH3 is 1. The van der Waals surface area contributed by atoms with Crippen LogP contribution in [0.4, 0.5) is 5.69 Å². The zero-order chi connectivity index (χ0) is 17.7. The Bertz CT molecular complexity index is 696. The zero-order valence-electron chi connectivity index (χ0n) is 15.0. The molecule has 0 aliphatic carbocycles. The van der Waals surface area contributed by atoms with E-state index in [2.05, 4.69) is 43.5 Å². The van der Waals surface area contributed by atoms with Crippen LogP contribution in [0.2, 0.25) is 0 Å². The molecule has 1 aromatic carbocycles. The molecule has 2 aromatic rings. The molecule has 0 radical (unpaired) electrons. The van der Waals surface area contributed by atoms with Crippen LogP contribution >= 0.6 is 11.3 Å². The molecule has 0 saturated carbocycles. The van der Waals surface area contributed by atoms with Gasteiger partial charge in [-0.05, 0) is 57.0 Å². The number of carbonyl (C=O) groups is 1. The Kier molecular flexibility index (Phi) is 6.40. The average Bonchev–Trinajstić information content (AvgIpc) is 2.91. The van der Waals surface area contributed by atoms with Crippen LogP contribution in [0.25, 0.3) is 0 Å². The predicted molar refractivity (Wildman–Crippen MR) is 101 cm³/mol. The second kappa shape index (κ2) is 8.31. The van der Waals surface area contributed by atoms with E-state index < -0.39 is 0 Å². The van der Waals surface area contributed by atoms with E-state index in [0.29, 0.717) is 17.5 Å². The number of ether oxygens (including phenoxy) is 1. The summed E-state index contributed by atoms with van der Waals surface area (Å²) in [6, 6.07) is 10.8. The second-order valence-corrected chi connectivity index (χ2v) is 7.52. The number of thiophene rings is 1. The van der Waals surface area contributed by atoms with Crippen LogP contribution in [0.1, 0.15) is 42.1 Å². The van der Waals surface area contributed by atoms with Crippen LogP contribution in [0.3, 0.4) is 0 Å². The molecule has 0 aliphatic rings. The minimum absolute atomic E-state index is 0.104. The molecule has 1 aromatic heterocycles. The van der Waals surface area contributed by atoms with Crippen LogP contribution in [0.5, 0.6) is 5.75 Å². The van der Waals surface area contributed by atoms with Gasteiger partial charge >= 0.3 is 0 Å². The third-order valence-corrected chi connectivity index (χ3v) is 4.90. The number of aryl methyl sites for hydroxylation is 1. The summed E-state index contributed by atoms with van der Waals surface area (Å²) in [7, 11) is 1.60. The van der Waals surface area contributed by atoms with Gasteiger partial charge in [0.2, 0.25) is 5.91 Å². The number of nitrogens with one attached hydrogen (secondary N) is 2. The Hall–Kier alpha value is -1.85. The first kappa shape index (κ1) is 18.5. The number of carbonyl (C=O) groups excluding carboxylic acids is 1. The van der Waals surface area contributed by atoms with Crippen molar-refractivity contribution in [2.45, 2.75) is 46.2 Å². The van der Waals surface area contributed by atoms with Gasteiger partial charge in [0.05, 0.1) is 12.8 Å². The van der Waals surface area contributed by atoms with Crippen molar-refractivity contribution in [1.29, 1.82) is 0 Å².